The van der Waals surface area contributed by atoms with Crippen LogP contribution in [0.3, 0.4) is 0 Å². The van der Waals surface area contributed by atoms with E-state index >= 15 is 0 Å². The number of ether oxygens (including phenoxy) is 3. The van der Waals surface area contributed by atoms with Crippen molar-refractivity contribution in [2.45, 2.75) is 32.8 Å². The lowest BCUT2D eigenvalue weighted by Gasteiger charge is -2.11. The second kappa shape index (κ2) is 7.17. The molecular weight excluding hydrogens is 188 g/mol. The molecule has 0 aliphatic heterocycles. The van der Waals surface area contributed by atoms with Crippen LogP contribution in [0.25, 0.3) is 0 Å². The van der Waals surface area contributed by atoms with E-state index in [-0.39, 0.29) is 0 Å². The highest BCUT2D eigenvalue weighted by atomic mass is 16.7. The molecule has 0 rings (SSSR count). The van der Waals surface area contributed by atoms with E-state index in [0.29, 0.717) is 6.61 Å². The molecule has 0 aliphatic carbocycles. The summed E-state index contributed by atoms with van der Waals surface area (Å²) < 4.78 is 13.6. The molecule has 0 aromatic rings. The molecule has 0 heterocycles. The van der Waals surface area contributed by atoms with Gasteiger partial charge in [0.05, 0.1) is 13.7 Å². The minimum atomic E-state index is -0.917. The summed E-state index contributed by atoms with van der Waals surface area (Å²) in [7, 11) is 1.18. The van der Waals surface area contributed by atoms with E-state index in [1.165, 1.54) is 14.0 Å². The van der Waals surface area contributed by atoms with E-state index in [1.54, 1.807) is 0 Å². The average Bonchev–Trinajstić information content (AvgIpc) is 2.17. The molecule has 0 aromatic carbocycles. The molecule has 5 heteroatoms. The second-order valence-electron chi connectivity index (χ2n) is 2.74. The Morgan fingerprint density at radius 3 is 2.50 bits per heavy atom. The fraction of sp³-hybridized carbons (Fsp3) is 0.778. The number of rotatable bonds is 5. The first-order valence-corrected chi connectivity index (χ1v) is 4.53. The normalized spacial score (nSPS) is 11.6. The molecule has 5 nitrogen and oxygen atoms in total. The van der Waals surface area contributed by atoms with Gasteiger partial charge in [-0.05, 0) is 13.3 Å². The van der Waals surface area contributed by atoms with E-state index in [9.17, 15) is 9.59 Å². The summed E-state index contributed by atoms with van der Waals surface area (Å²) in [6.45, 7) is 3.78. The minimum absolute atomic E-state index is 0.351. The summed E-state index contributed by atoms with van der Waals surface area (Å²) in [5, 5.41) is 0. The lowest BCUT2D eigenvalue weighted by atomic mass is 10.3. The van der Waals surface area contributed by atoms with Crippen molar-refractivity contribution in [3.8, 4) is 0 Å². The first-order valence-electron chi connectivity index (χ1n) is 4.53. The Bertz CT molecular complexity index is 190. The average molecular weight is 204 g/mol. The summed E-state index contributed by atoms with van der Waals surface area (Å²) in [6.07, 6.45) is -0.0554. The molecule has 0 bridgehead atoms. The van der Waals surface area contributed by atoms with Crippen LogP contribution in [0.1, 0.15) is 26.7 Å². The third kappa shape index (κ3) is 5.40. The van der Waals surface area contributed by atoms with E-state index in [2.05, 4.69) is 9.47 Å². The van der Waals surface area contributed by atoms with E-state index < -0.39 is 18.2 Å². The Balaban J connectivity index is 3.70. The van der Waals surface area contributed by atoms with Crippen molar-refractivity contribution in [3.63, 3.8) is 0 Å². The maximum Gasteiger partial charge on any atom is 0.508 e. The lowest BCUT2D eigenvalue weighted by Crippen LogP contribution is -2.26. The van der Waals surface area contributed by atoms with Crippen molar-refractivity contribution in [2.24, 2.45) is 0 Å². The molecule has 0 saturated heterocycles. The highest BCUT2D eigenvalue weighted by molar-refractivity contribution is 5.76. The largest absolute Gasteiger partial charge is 0.508 e. The number of hydrogen-bond acceptors (Lipinski definition) is 5. The topological polar surface area (TPSA) is 61.8 Å². The van der Waals surface area contributed by atoms with Crippen LogP contribution in [0.2, 0.25) is 0 Å². The van der Waals surface area contributed by atoms with Crippen molar-refractivity contribution in [3.05, 3.63) is 0 Å². The van der Waals surface area contributed by atoms with Crippen LogP contribution >= 0.6 is 0 Å². The zero-order valence-corrected chi connectivity index (χ0v) is 8.74. The van der Waals surface area contributed by atoms with Gasteiger partial charge in [-0.2, -0.15) is 0 Å². The Kier molecular flexibility index (Phi) is 6.53. The number of hydrogen-bond donors (Lipinski definition) is 0. The zero-order valence-electron chi connectivity index (χ0n) is 8.74. The van der Waals surface area contributed by atoms with Crippen molar-refractivity contribution in [2.75, 3.05) is 13.7 Å². The Morgan fingerprint density at radius 1 is 1.36 bits per heavy atom. The minimum Gasteiger partial charge on any atom is -0.463 e. The molecule has 0 unspecified atom stereocenters. The summed E-state index contributed by atoms with van der Waals surface area (Å²) >= 11 is 0. The molecule has 0 fully saturated rings. The van der Waals surface area contributed by atoms with Crippen LogP contribution in [0.15, 0.2) is 0 Å². The van der Waals surface area contributed by atoms with Crippen LogP contribution in [-0.4, -0.2) is 31.9 Å². The monoisotopic (exact) mass is 204 g/mol. The number of methoxy groups -OCH3 is 1. The smallest absolute Gasteiger partial charge is 0.463 e. The van der Waals surface area contributed by atoms with Gasteiger partial charge in [-0.15, -0.1) is 0 Å². The molecule has 0 spiro atoms. The molecule has 0 N–H and O–H groups in total. The van der Waals surface area contributed by atoms with Gasteiger partial charge in [-0.25, -0.2) is 9.59 Å². The van der Waals surface area contributed by atoms with Crippen LogP contribution in [0, 0.1) is 0 Å². The molecule has 0 aromatic heterocycles. The van der Waals surface area contributed by atoms with Crippen molar-refractivity contribution in [1.29, 1.82) is 0 Å². The lowest BCUT2D eigenvalue weighted by molar-refractivity contribution is -0.153. The van der Waals surface area contributed by atoms with Gasteiger partial charge in [-0.3, -0.25) is 0 Å². The van der Waals surface area contributed by atoms with Gasteiger partial charge in [0, 0.05) is 0 Å². The van der Waals surface area contributed by atoms with Gasteiger partial charge < -0.3 is 14.2 Å². The molecule has 1 atom stereocenters. The highest BCUT2D eigenvalue weighted by Gasteiger charge is 2.18. The van der Waals surface area contributed by atoms with E-state index in [4.69, 9.17) is 4.74 Å². The molecule has 0 saturated carbocycles. The molecule has 82 valence electrons. The first-order chi connectivity index (χ1) is 6.61. The molecule has 0 aliphatic rings. The van der Waals surface area contributed by atoms with Crippen molar-refractivity contribution in [1.82, 2.24) is 0 Å². The predicted molar refractivity (Wildman–Crippen MR) is 48.8 cm³/mol. The van der Waals surface area contributed by atoms with Crippen molar-refractivity contribution >= 4 is 12.1 Å². The fourth-order valence-corrected chi connectivity index (χ4v) is 0.675. The molecular formula is C9H16O5. The quantitative estimate of drug-likeness (QED) is 0.501. The van der Waals surface area contributed by atoms with Gasteiger partial charge in [-0.1, -0.05) is 13.3 Å². The zero-order chi connectivity index (χ0) is 11.0. The summed E-state index contributed by atoms with van der Waals surface area (Å²) in [5.41, 5.74) is 0. The number of esters is 1. The first kappa shape index (κ1) is 12.7. The van der Waals surface area contributed by atoms with E-state index in [1.807, 2.05) is 6.92 Å². The van der Waals surface area contributed by atoms with Gasteiger partial charge in [0.1, 0.15) is 0 Å². The van der Waals surface area contributed by atoms with Crippen LogP contribution < -0.4 is 0 Å². The van der Waals surface area contributed by atoms with Gasteiger partial charge in [0.15, 0.2) is 6.10 Å². The maximum atomic E-state index is 11.1. The molecule has 0 radical (unpaired) electrons. The van der Waals surface area contributed by atoms with Crippen LogP contribution in [0.4, 0.5) is 4.79 Å². The van der Waals surface area contributed by atoms with Crippen molar-refractivity contribution < 1.29 is 23.8 Å². The standard InChI is InChI=1S/C9H16O5/c1-4-5-6-13-8(10)7(2)14-9(11)12-3/h7H,4-6H2,1-3H3/t7-/m1/s1. The van der Waals surface area contributed by atoms with Gasteiger partial charge in [0.25, 0.3) is 0 Å². The summed E-state index contributed by atoms with van der Waals surface area (Å²) in [5.74, 6) is -0.552. The molecule has 14 heavy (non-hydrogen) atoms. The Morgan fingerprint density at radius 2 is 2.00 bits per heavy atom. The third-order valence-electron chi connectivity index (χ3n) is 1.51. The number of carbonyl (C=O) groups is 2. The fourth-order valence-electron chi connectivity index (χ4n) is 0.675. The van der Waals surface area contributed by atoms with Crippen LogP contribution in [0.5, 0.6) is 0 Å². The second-order valence-corrected chi connectivity index (χ2v) is 2.74. The van der Waals surface area contributed by atoms with E-state index in [0.717, 1.165) is 12.8 Å². The van der Waals surface area contributed by atoms with Gasteiger partial charge in [0.2, 0.25) is 0 Å². The number of unbranched alkanes of at least 4 members (excludes halogenated alkanes) is 1. The van der Waals surface area contributed by atoms with Crippen LogP contribution in [-0.2, 0) is 19.0 Å². The Hall–Kier alpha value is -1.26. The summed E-state index contributed by atoms with van der Waals surface area (Å²) in [4.78, 5) is 21.7. The Labute approximate surface area is 83.3 Å². The van der Waals surface area contributed by atoms with Gasteiger partial charge >= 0.3 is 12.1 Å². The predicted octanol–water partition coefficient (Wildman–Crippen LogP) is 1.50. The highest BCUT2D eigenvalue weighted by Crippen LogP contribution is 1.98. The summed E-state index contributed by atoms with van der Waals surface area (Å²) in [6, 6.07) is 0. The third-order valence-corrected chi connectivity index (χ3v) is 1.51. The number of carbonyl (C=O) groups excluding carboxylic acids is 2. The SMILES string of the molecule is CCCCOC(=O)[C@@H](C)OC(=O)OC. The maximum absolute atomic E-state index is 11.1. The molecule has 0 amide bonds.